The number of benzene rings is 1. The fourth-order valence-electron chi connectivity index (χ4n) is 3.21. The summed E-state index contributed by atoms with van der Waals surface area (Å²) in [6.07, 6.45) is 1.45. The number of carbonyl (C=O) groups is 2. The summed E-state index contributed by atoms with van der Waals surface area (Å²) < 4.78 is 10.6. The number of rotatable bonds is 6. The molecule has 1 aromatic carbocycles. The Hall–Kier alpha value is -2.48. The average Bonchev–Trinajstić information content (AvgIpc) is 3.27. The van der Waals surface area contributed by atoms with E-state index in [0.717, 1.165) is 0 Å². The highest BCUT2D eigenvalue weighted by molar-refractivity contribution is 6.46. The number of ketones is 1. The number of aliphatic hydroxyl groups is 1. The number of ether oxygens (including phenoxy) is 1. The van der Waals surface area contributed by atoms with Gasteiger partial charge in [0.05, 0.1) is 29.0 Å². The normalized spacial score (nSPS) is 18.7. The molecule has 2 heterocycles. The van der Waals surface area contributed by atoms with Gasteiger partial charge in [-0.25, -0.2) is 0 Å². The minimum absolute atomic E-state index is 0.0824. The highest BCUT2D eigenvalue weighted by Gasteiger charge is 2.47. The minimum Gasteiger partial charge on any atom is -0.507 e. The SMILES string of the molecule is COc1c(Cl)cc(/C(O)=C2/C(=O)C(=O)N(CCN(C)C)C2c2ccco2)cc1Cl. The summed E-state index contributed by atoms with van der Waals surface area (Å²) >= 11 is 12.3. The molecule has 0 bridgehead atoms. The number of amides is 1. The first-order chi connectivity index (χ1) is 13.8. The van der Waals surface area contributed by atoms with Gasteiger partial charge in [0.25, 0.3) is 11.7 Å². The van der Waals surface area contributed by atoms with Crippen LogP contribution in [0.3, 0.4) is 0 Å². The van der Waals surface area contributed by atoms with Gasteiger partial charge in [0.15, 0.2) is 5.75 Å². The second-order valence-electron chi connectivity index (χ2n) is 6.78. The maximum absolute atomic E-state index is 12.8. The lowest BCUT2D eigenvalue weighted by molar-refractivity contribution is -0.140. The van der Waals surface area contributed by atoms with Crippen molar-refractivity contribution < 1.29 is 23.8 Å². The number of carbonyl (C=O) groups excluding carboxylic acids is 2. The Kier molecular flexibility index (Phi) is 6.21. The van der Waals surface area contributed by atoms with Gasteiger partial charge < -0.3 is 24.1 Å². The Labute approximate surface area is 178 Å². The Morgan fingerprint density at radius 2 is 1.93 bits per heavy atom. The van der Waals surface area contributed by atoms with E-state index in [9.17, 15) is 14.7 Å². The van der Waals surface area contributed by atoms with E-state index < -0.39 is 17.7 Å². The van der Waals surface area contributed by atoms with Gasteiger partial charge in [0.1, 0.15) is 17.6 Å². The maximum atomic E-state index is 12.8. The predicted molar refractivity (Wildman–Crippen MR) is 109 cm³/mol. The van der Waals surface area contributed by atoms with E-state index >= 15 is 0 Å². The van der Waals surface area contributed by atoms with Crippen molar-refractivity contribution in [1.82, 2.24) is 9.80 Å². The van der Waals surface area contributed by atoms with Crippen molar-refractivity contribution >= 4 is 40.7 Å². The largest absolute Gasteiger partial charge is 0.507 e. The van der Waals surface area contributed by atoms with Crippen LogP contribution in [0.5, 0.6) is 5.75 Å². The van der Waals surface area contributed by atoms with Gasteiger partial charge >= 0.3 is 0 Å². The molecule has 1 amide bonds. The number of methoxy groups -OCH3 is 1. The molecule has 1 atom stereocenters. The number of halogens is 2. The molecule has 0 spiro atoms. The number of hydrogen-bond donors (Lipinski definition) is 1. The van der Waals surface area contributed by atoms with E-state index in [4.69, 9.17) is 32.4 Å². The molecule has 0 aliphatic carbocycles. The molecule has 1 aliphatic heterocycles. The van der Waals surface area contributed by atoms with Crippen LogP contribution < -0.4 is 4.74 Å². The van der Waals surface area contributed by atoms with Crippen LogP contribution in [0.15, 0.2) is 40.5 Å². The van der Waals surface area contributed by atoms with Crippen LogP contribution in [0, 0.1) is 0 Å². The number of hydrogen-bond acceptors (Lipinski definition) is 6. The van der Waals surface area contributed by atoms with Crippen molar-refractivity contribution in [3.63, 3.8) is 0 Å². The second-order valence-corrected chi connectivity index (χ2v) is 7.60. The van der Waals surface area contributed by atoms with Crippen LogP contribution >= 0.6 is 23.2 Å². The highest BCUT2D eigenvalue weighted by atomic mass is 35.5. The number of furan rings is 1. The second kappa shape index (κ2) is 8.49. The molecule has 1 saturated heterocycles. The first kappa shape index (κ1) is 21.2. The average molecular weight is 439 g/mol. The Morgan fingerprint density at radius 1 is 1.28 bits per heavy atom. The van der Waals surface area contributed by atoms with Gasteiger partial charge in [0.2, 0.25) is 0 Å². The van der Waals surface area contributed by atoms with Gasteiger partial charge in [-0.3, -0.25) is 9.59 Å². The summed E-state index contributed by atoms with van der Waals surface area (Å²) in [5, 5.41) is 11.3. The fraction of sp³-hybridized carbons (Fsp3) is 0.300. The van der Waals surface area contributed by atoms with E-state index in [1.807, 2.05) is 19.0 Å². The zero-order valence-corrected chi connectivity index (χ0v) is 17.6. The quantitative estimate of drug-likeness (QED) is 0.421. The molecule has 0 saturated carbocycles. The van der Waals surface area contributed by atoms with Crippen LogP contribution in [0.1, 0.15) is 17.4 Å². The molecular weight excluding hydrogens is 419 g/mol. The smallest absolute Gasteiger partial charge is 0.295 e. The van der Waals surface area contributed by atoms with Gasteiger partial charge in [0, 0.05) is 18.7 Å². The van der Waals surface area contributed by atoms with Crippen molar-refractivity contribution in [2.45, 2.75) is 6.04 Å². The fourth-order valence-corrected chi connectivity index (χ4v) is 3.85. The van der Waals surface area contributed by atoms with Crippen molar-refractivity contribution in [3.05, 3.63) is 57.5 Å². The van der Waals surface area contributed by atoms with Crippen LogP contribution in [0.25, 0.3) is 5.76 Å². The number of aliphatic hydroxyl groups excluding tert-OH is 1. The molecule has 2 aromatic rings. The summed E-state index contributed by atoms with van der Waals surface area (Å²) in [5.41, 5.74) is 0.115. The predicted octanol–water partition coefficient (Wildman–Crippen LogP) is 3.58. The minimum atomic E-state index is -0.857. The van der Waals surface area contributed by atoms with Gasteiger partial charge in [-0.1, -0.05) is 23.2 Å². The third kappa shape index (κ3) is 3.99. The number of likely N-dealkylation sites (tertiary alicyclic amines) is 1. The lowest BCUT2D eigenvalue weighted by Crippen LogP contribution is -2.35. The van der Waals surface area contributed by atoms with Gasteiger partial charge in [-0.05, 0) is 38.4 Å². The summed E-state index contributed by atoms with van der Waals surface area (Å²) in [7, 11) is 5.14. The molecular formula is C20H20Cl2N2O5. The Balaban J connectivity index is 2.14. The molecule has 1 aliphatic rings. The highest BCUT2D eigenvalue weighted by Crippen LogP contribution is 2.41. The summed E-state index contributed by atoms with van der Waals surface area (Å²) in [4.78, 5) is 28.8. The molecule has 1 unspecified atom stereocenters. The molecule has 0 radical (unpaired) electrons. The summed E-state index contributed by atoms with van der Waals surface area (Å²) in [6, 6.07) is 5.30. The molecule has 154 valence electrons. The first-order valence-corrected chi connectivity index (χ1v) is 9.51. The van der Waals surface area contributed by atoms with Crippen LogP contribution in [0.4, 0.5) is 0 Å². The summed E-state index contributed by atoms with van der Waals surface area (Å²) in [5.74, 6) is -1.27. The number of Topliss-reactive ketones (excluding diaryl/α,β-unsaturated/α-hetero) is 1. The van der Waals surface area contributed by atoms with E-state index in [2.05, 4.69) is 0 Å². The van der Waals surface area contributed by atoms with Crippen LogP contribution in [0.2, 0.25) is 10.0 Å². The van der Waals surface area contributed by atoms with Crippen molar-refractivity contribution in [3.8, 4) is 5.75 Å². The van der Waals surface area contributed by atoms with E-state index in [1.165, 1.54) is 30.4 Å². The molecule has 1 fully saturated rings. The zero-order valence-electron chi connectivity index (χ0n) is 16.1. The van der Waals surface area contributed by atoms with E-state index in [-0.39, 0.29) is 39.2 Å². The van der Waals surface area contributed by atoms with Crippen LogP contribution in [-0.4, -0.2) is 60.9 Å². The van der Waals surface area contributed by atoms with Crippen molar-refractivity contribution in [2.24, 2.45) is 0 Å². The Morgan fingerprint density at radius 3 is 2.45 bits per heavy atom. The molecule has 9 heteroatoms. The monoisotopic (exact) mass is 438 g/mol. The lowest BCUT2D eigenvalue weighted by Gasteiger charge is -2.24. The topological polar surface area (TPSA) is 83.2 Å². The molecule has 7 nitrogen and oxygen atoms in total. The molecule has 3 rings (SSSR count). The maximum Gasteiger partial charge on any atom is 0.295 e. The number of nitrogens with zero attached hydrogens (tertiary/aromatic N) is 2. The summed E-state index contributed by atoms with van der Waals surface area (Å²) in [6.45, 7) is 0.814. The van der Waals surface area contributed by atoms with E-state index in [0.29, 0.717) is 12.3 Å². The zero-order chi connectivity index (χ0) is 21.3. The van der Waals surface area contributed by atoms with Crippen molar-refractivity contribution in [2.75, 3.05) is 34.3 Å². The van der Waals surface area contributed by atoms with Gasteiger partial charge in [-0.15, -0.1) is 0 Å². The van der Waals surface area contributed by atoms with Crippen LogP contribution in [-0.2, 0) is 9.59 Å². The molecule has 1 aromatic heterocycles. The van der Waals surface area contributed by atoms with Crippen molar-refractivity contribution in [1.29, 1.82) is 0 Å². The van der Waals surface area contributed by atoms with E-state index in [1.54, 1.807) is 12.1 Å². The number of likely N-dealkylation sites (N-methyl/N-ethyl adjacent to an activating group) is 1. The molecule has 29 heavy (non-hydrogen) atoms. The standard InChI is InChI=1S/C20H20Cl2N2O5/c1-23(2)6-7-24-16(14-5-4-8-29-14)15(18(26)20(24)27)17(25)11-9-12(21)19(28-3)13(22)10-11/h4-5,8-10,16,25H,6-7H2,1-3H3/b17-15-. The lowest BCUT2D eigenvalue weighted by atomic mass is 9.99. The first-order valence-electron chi connectivity index (χ1n) is 8.76. The third-order valence-electron chi connectivity index (χ3n) is 4.62. The molecule has 1 N–H and O–H groups in total. The Bertz CT molecular complexity index is 946. The third-order valence-corrected chi connectivity index (χ3v) is 5.18. The van der Waals surface area contributed by atoms with Gasteiger partial charge in [-0.2, -0.15) is 0 Å².